The van der Waals surface area contributed by atoms with Crippen LogP contribution >= 0.6 is 0 Å². The van der Waals surface area contributed by atoms with Crippen molar-refractivity contribution >= 4 is 10.9 Å². The Morgan fingerprint density at radius 2 is 1.67 bits per heavy atom. The maximum absolute atomic E-state index is 9.41. The van der Waals surface area contributed by atoms with E-state index in [1.165, 1.54) is 10.5 Å². The van der Waals surface area contributed by atoms with Gasteiger partial charge >= 0.3 is 0 Å². The van der Waals surface area contributed by atoms with E-state index < -0.39 is 0 Å². The molecule has 0 aliphatic carbocycles. The summed E-state index contributed by atoms with van der Waals surface area (Å²) in [6, 6.07) is 3.80. The molecular weight excluding hydrogens is 168 g/mol. The van der Waals surface area contributed by atoms with Gasteiger partial charge in [-0.25, -0.2) is 0 Å². The van der Waals surface area contributed by atoms with Crippen molar-refractivity contribution in [2.75, 3.05) is 12.5 Å². The van der Waals surface area contributed by atoms with Gasteiger partial charge in [0.15, 0.2) is 4.90 Å². The van der Waals surface area contributed by atoms with Gasteiger partial charge in [-0.2, -0.15) is 0 Å². The van der Waals surface area contributed by atoms with E-state index in [1.54, 1.807) is 6.07 Å². The van der Waals surface area contributed by atoms with Crippen LogP contribution in [0, 0.1) is 13.8 Å². The monoisotopic (exact) mass is 183 g/mol. The molecule has 0 aromatic heterocycles. The average molecular weight is 183 g/mol. The van der Waals surface area contributed by atoms with Gasteiger partial charge in [0.2, 0.25) is 0 Å². The van der Waals surface area contributed by atoms with Crippen molar-refractivity contribution in [1.29, 1.82) is 0 Å². The molecule has 1 aromatic rings. The molecule has 0 spiro atoms. The number of phenols is 1. The minimum Gasteiger partial charge on any atom is -0.508 e. The highest BCUT2D eigenvalue weighted by Crippen LogP contribution is 2.25. The molecule has 0 aliphatic heterocycles. The molecule has 0 radical (unpaired) electrons. The first-order valence-corrected chi connectivity index (χ1v) is 5.95. The van der Waals surface area contributed by atoms with E-state index in [1.807, 2.05) is 13.0 Å². The third-order valence-corrected chi connectivity index (χ3v) is 3.47. The standard InChI is InChI=1S/C10H14OS/c1-7-8(2)10(12(3)4)6-5-9(7)11/h5-6H,1-4H3/p+1. The van der Waals surface area contributed by atoms with Crippen LogP contribution < -0.4 is 0 Å². The summed E-state index contributed by atoms with van der Waals surface area (Å²) in [6.07, 6.45) is 4.39. The fraction of sp³-hybridized carbons (Fsp3) is 0.400. The van der Waals surface area contributed by atoms with Crippen molar-refractivity contribution in [1.82, 2.24) is 0 Å². The van der Waals surface area contributed by atoms with Gasteiger partial charge in [0, 0.05) is 16.5 Å². The molecule has 0 unspecified atom stereocenters. The Morgan fingerprint density at radius 3 is 2.17 bits per heavy atom. The van der Waals surface area contributed by atoms with Crippen molar-refractivity contribution in [3.05, 3.63) is 23.3 Å². The molecule has 1 rings (SSSR count). The lowest BCUT2D eigenvalue weighted by Gasteiger charge is -2.06. The molecular formula is C10H15OS+. The molecule has 66 valence electrons. The first-order chi connectivity index (χ1) is 5.54. The van der Waals surface area contributed by atoms with E-state index in [2.05, 4.69) is 19.4 Å². The molecule has 2 heteroatoms. The summed E-state index contributed by atoms with van der Waals surface area (Å²) in [6.45, 7) is 4.03. The van der Waals surface area contributed by atoms with Gasteiger partial charge in [-0.1, -0.05) is 0 Å². The zero-order valence-corrected chi connectivity index (χ0v) is 8.83. The lowest BCUT2D eigenvalue weighted by molar-refractivity contribution is 0.470. The fourth-order valence-corrected chi connectivity index (χ4v) is 2.33. The maximum Gasteiger partial charge on any atom is 0.157 e. The zero-order valence-electron chi connectivity index (χ0n) is 8.01. The molecule has 12 heavy (non-hydrogen) atoms. The van der Waals surface area contributed by atoms with E-state index in [9.17, 15) is 5.11 Å². The summed E-state index contributed by atoms with van der Waals surface area (Å²) >= 11 is 0. The van der Waals surface area contributed by atoms with Crippen LogP contribution in [0.5, 0.6) is 5.75 Å². The van der Waals surface area contributed by atoms with Gasteiger partial charge in [-0.05, 0) is 31.5 Å². The van der Waals surface area contributed by atoms with Gasteiger partial charge in [0.05, 0.1) is 0 Å². The molecule has 0 atom stereocenters. The van der Waals surface area contributed by atoms with Gasteiger partial charge in [-0.3, -0.25) is 0 Å². The Bertz CT molecular complexity index is 292. The summed E-state index contributed by atoms with van der Waals surface area (Å²) in [7, 11) is 0.280. The SMILES string of the molecule is Cc1c(O)ccc([S+](C)C)c1C. The maximum atomic E-state index is 9.41. The van der Waals surface area contributed by atoms with Gasteiger partial charge in [-0.15, -0.1) is 0 Å². The Hall–Kier alpha value is -0.630. The highest BCUT2D eigenvalue weighted by molar-refractivity contribution is 7.95. The van der Waals surface area contributed by atoms with E-state index >= 15 is 0 Å². The minimum absolute atomic E-state index is 0.280. The topological polar surface area (TPSA) is 20.2 Å². The number of hydrogen-bond donors (Lipinski definition) is 1. The molecule has 0 amide bonds. The quantitative estimate of drug-likeness (QED) is 0.662. The Balaban J connectivity index is 3.27. The summed E-state index contributed by atoms with van der Waals surface area (Å²) < 4.78 is 0. The largest absolute Gasteiger partial charge is 0.508 e. The molecule has 0 aliphatic rings. The lowest BCUT2D eigenvalue weighted by Crippen LogP contribution is -2.00. The molecule has 0 saturated carbocycles. The second-order valence-electron chi connectivity index (χ2n) is 3.15. The minimum atomic E-state index is 0.280. The molecule has 1 nitrogen and oxygen atoms in total. The van der Waals surface area contributed by atoms with Crippen molar-refractivity contribution < 1.29 is 5.11 Å². The van der Waals surface area contributed by atoms with Crippen LogP contribution in [-0.2, 0) is 10.9 Å². The first-order valence-electron chi connectivity index (χ1n) is 3.90. The summed E-state index contributed by atoms with van der Waals surface area (Å²) in [5, 5.41) is 9.41. The number of phenolic OH excluding ortho intramolecular Hbond substituents is 1. The third-order valence-electron chi connectivity index (χ3n) is 2.15. The highest BCUT2D eigenvalue weighted by Gasteiger charge is 2.14. The van der Waals surface area contributed by atoms with Crippen LogP contribution in [0.25, 0.3) is 0 Å². The molecule has 1 aromatic carbocycles. The average Bonchev–Trinajstić information content (AvgIpc) is 2.00. The summed E-state index contributed by atoms with van der Waals surface area (Å²) in [5.41, 5.74) is 2.23. The molecule has 0 saturated heterocycles. The van der Waals surface area contributed by atoms with Crippen molar-refractivity contribution in [3.8, 4) is 5.75 Å². The number of benzene rings is 1. The van der Waals surface area contributed by atoms with Crippen molar-refractivity contribution in [2.24, 2.45) is 0 Å². The number of rotatable bonds is 1. The second kappa shape index (κ2) is 3.40. The third kappa shape index (κ3) is 1.58. The number of aromatic hydroxyl groups is 1. The summed E-state index contributed by atoms with van der Waals surface area (Å²) in [5.74, 6) is 0.404. The van der Waals surface area contributed by atoms with Crippen LogP contribution in [0.4, 0.5) is 0 Å². The van der Waals surface area contributed by atoms with Gasteiger partial charge in [0.1, 0.15) is 18.3 Å². The second-order valence-corrected chi connectivity index (χ2v) is 5.22. The first kappa shape index (κ1) is 9.46. The van der Waals surface area contributed by atoms with E-state index in [0.29, 0.717) is 5.75 Å². The Kier molecular flexibility index (Phi) is 2.68. The lowest BCUT2D eigenvalue weighted by atomic mass is 10.1. The smallest absolute Gasteiger partial charge is 0.157 e. The van der Waals surface area contributed by atoms with Gasteiger partial charge in [0.25, 0.3) is 0 Å². The van der Waals surface area contributed by atoms with Crippen LogP contribution in [-0.4, -0.2) is 17.6 Å². The highest BCUT2D eigenvalue weighted by atomic mass is 32.2. The summed E-state index contributed by atoms with van der Waals surface area (Å²) in [4.78, 5) is 1.35. The molecule has 1 N–H and O–H groups in total. The normalized spacial score (nSPS) is 10.8. The van der Waals surface area contributed by atoms with E-state index in [-0.39, 0.29) is 10.9 Å². The predicted octanol–water partition coefficient (Wildman–Crippen LogP) is 2.25. The van der Waals surface area contributed by atoms with Gasteiger partial charge < -0.3 is 5.11 Å². The molecule has 0 heterocycles. The van der Waals surface area contributed by atoms with Crippen molar-refractivity contribution in [2.45, 2.75) is 18.7 Å². The predicted molar refractivity (Wildman–Crippen MR) is 55.1 cm³/mol. The zero-order chi connectivity index (χ0) is 9.30. The fourth-order valence-electron chi connectivity index (χ4n) is 1.22. The van der Waals surface area contributed by atoms with Crippen LogP contribution in [0.3, 0.4) is 0 Å². The Morgan fingerprint density at radius 1 is 1.08 bits per heavy atom. The van der Waals surface area contributed by atoms with Crippen molar-refractivity contribution in [3.63, 3.8) is 0 Å². The van der Waals surface area contributed by atoms with Crippen LogP contribution in [0.2, 0.25) is 0 Å². The Labute approximate surface area is 76.8 Å². The van der Waals surface area contributed by atoms with Crippen LogP contribution in [0.15, 0.2) is 17.0 Å². The number of hydrogen-bond acceptors (Lipinski definition) is 1. The van der Waals surface area contributed by atoms with E-state index in [4.69, 9.17) is 0 Å². The van der Waals surface area contributed by atoms with Crippen LogP contribution in [0.1, 0.15) is 11.1 Å². The molecule has 0 bridgehead atoms. The van der Waals surface area contributed by atoms with E-state index in [0.717, 1.165) is 5.56 Å². The molecule has 0 fully saturated rings.